The van der Waals surface area contributed by atoms with Crippen LogP contribution in [-0.2, 0) is 4.79 Å². The topological polar surface area (TPSA) is 104 Å². The molecule has 0 bridgehead atoms. The van der Waals surface area contributed by atoms with Crippen LogP contribution in [0.5, 0.6) is 0 Å². The van der Waals surface area contributed by atoms with Crippen LogP contribution in [-0.4, -0.2) is 27.4 Å². The predicted octanol–water partition coefficient (Wildman–Crippen LogP) is 0.0561. The molecule has 0 aliphatic carbocycles. The summed E-state index contributed by atoms with van der Waals surface area (Å²) in [5.74, 6) is -1.48. The Hall–Kier alpha value is -1.59. The fraction of sp³-hybridized carbons (Fsp3) is 0.300. The zero-order valence-corrected chi connectivity index (χ0v) is 8.21. The van der Waals surface area contributed by atoms with Crippen LogP contribution in [0.15, 0.2) is 18.2 Å². The number of hydrogen-bond donors (Lipinski definition) is 4. The van der Waals surface area contributed by atoms with Gasteiger partial charge in [0.2, 0.25) is 0 Å². The number of hydrogen-bond acceptors (Lipinski definition) is 4. The molecule has 0 aromatic heterocycles. The van der Waals surface area contributed by atoms with E-state index in [-0.39, 0.29) is 5.56 Å². The molecule has 1 aromatic rings. The predicted molar refractivity (Wildman–Crippen MR) is 54.2 cm³/mol. The maximum atomic E-state index is 10.5. The molecule has 5 N–H and O–H groups in total. The Morgan fingerprint density at radius 3 is 2.53 bits per heavy atom. The van der Waals surface area contributed by atoms with E-state index >= 15 is 0 Å². The van der Waals surface area contributed by atoms with Gasteiger partial charge in [0, 0.05) is 11.3 Å². The Bertz CT molecular complexity index is 378. The van der Waals surface area contributed by atoms with Crippen LogP contribution >= 0.6 is 0 Å². The summed E-state index contributed by atoms with van der Waals surface area (Å²) in [6, 6.07) is 4.86. The van der Waals surface area contributed by atoms with E-state index in [1.165, 1.54) is 6.07 Å². The zero-order valence-electron chi connectivity index (χ0n) is 8.21. The highest BCUT2D eigenvalue weighted by Crippen LogP contribution is 2.25. The minimum absolute atomic E-state index is 0.227. The quantitative estimate of drug-likeness (QED) is 0.529. The van der Waals surface area contributed by atoms with Crippen molar-refractivity contribution in [1.29, 1.82) is 0 Å². The fourth-order valence-electron chi connectivity index (χ4n) is 1.27. The molecule has 2 atom stereocenters. The molecule has 82 valence electrons. The third kappa shape index (κ3) is 2.26. The molecule has 15 heavy (non-hydrogen) atoms. The van der Waals surface area contributed by atoms with E-state index in [1.807, 2.05) is 0 Å². The summed E-state index contributed by atoms with van der Waals surface area (Å²) in [5, 5.41) is 27.2. The van der Waals surface area contributed by atoms with Crippen molar-refractivity contribution in [2.45, 2.75) is 19.1 Å². The molecule has 1 aromatic carbocycles. The molecule has 5 nitrogen and oxygen atoms in total. The van der Waals surface area contributed by atoms with Crippen molar-refractivity contribution >= 4 is 11.7 Å². The molecule has 0 radical (unpaired) electrons. The molecule has 0 amide bonds. The lowest BCUT2D eigenvalue weighted by Crippen LogP contribution is -2.28. The summed E-state index contributed by atoms with van der Waals surface area (Å²) in [6.07, 6.45) is -3.38. The zero-order chi connectivity index (χ0) is 11.6. The number of carbonyl (C=O) groups is 1. The highest BCUT2D eigenvalue weighted by Gasteiger charge is 2.26. The van der Waals surface area contributed by atoms with Crippen molar-refractivity contribution in [2.24, 2.45) is 0 Å². The molecule has 0 aliphatic heterocycles. The molecule has 1 rings (SSSR count). The number of anilines is 1. The van der Waals surface area contributed by atoms with Crippen LogP contribution < -0.4 is 5.73 Å². The average Bonchev–Trinajstić information content (AvgIpc) is 2.20. The molecule has 0 fully saturated rings. The van der Waals surface area contributed by atoms with E-state index < -0.39 is 18.2 Å². The number of aryl methyl sites for hydroxylation is 1. The van der Waals surface area contributed by atoms with Crippen LogP contribution in [0.1, 0.15) is 17.2 Å². The van der Waals surface area contributed by atoms with Gasteiger partial charge in [0.1, 0.15) is 6.10 Å². The van der Waals surface area contributed by atoms with Crippen molar-refractivity contribution in [3.05, 3.63) is 29.3 Å². The van der Waals surface area contributed by atoms with Crippen molar-refractivity contribution in [1.82, 2.24) is 0 Å². The Balaban J connectivity index is 3.06. The van der Waals surface area contributed by atoms with Crippen molar-refractivity contribution < 1.29 is 20.1 Å². The van der Waals surface area contributed by atoms with Gasteiger partial charge < -0.3 is 21.1 Å². The van der Waals surface area contributed by atoms with Gasteiger partial charge in [-0.3, -0.25) is 0 Å². The number of carboxylic acids is 1. The average molecular weight is 211 g/mol. The summed E-state index contributed by atoms with van der Waals surface area (Å²) < 4.78 is 0. The maximum Gasteiger partial charge on any atom is 0.335 e. The molecule has 5 heteroatoms. The number of carboxylic acid groups (broad SMARTS) is 1. The van der Waals surface area contributed by atoms with Gasteiger partial charge in [-0.2, -0.15) is 0 Å². The van der Waals surface area contributed by atoms with Crippen LogP contribution in [0, 0.1) is 6.92 Å². The van der Waals surface area contributed by atoms with E-state index in [0.29, 0.717) is 5.69 Å². The molecular formula is C10H13NO4. The minimum Gasteiger partial charge on any atom is -0.479 e. The van der Waals surface area contributed by atoms with E-state index in [1.54, 1.807) is 19.1 Å². The monoisotopic (exact) mass is 211 g/mol. The Morgan fingerprint density at radius 2 is 2.00 bits per heavy atom. The first-order chi connectivity index (χ1) is 6.95. The van der Waals surface area contributed by atoms with Gasteiger partial charge in [0.25, 0.3) is 0 Å². The third-order valence-electron chi connectivity index (χ3n) is 2.23. The van der Waals surface area contributed by atoms with E-state index in [9.17, 15) is 9.90 Å². The van der Waals surface area contributed by atoms with Gasteiger partial charge in [0.05, 0.1) is 0 Å². The standard InChI is InChI=1S/C10H13NO4/c1-5-3-2-4-6(7(5)11)8(12)9(13)10(14)15/h2-4,8-9,12-13H,11H2,1H3,(H,14,15). The second-order valence-electron chi connectivity index (χ2n) is 3.31. The Labute approximate surface area is 86.8 Å². The second kappa shape index (κ2) is 4.29. The minimum atomic E-state index is -1.87. The summed E-state index contributed by atoms with van der Waals surface area (Å²) >= 11 is 0. The molecule has 2 unspecified atom stereocenters. The lowest BCUT2D eigenvalue weighted by atomic mass is 10.00. The van der Waals surface area contributed by atoms with Gasteiger partial charge >= 0.3 is 5.97 Å². The smallest absolute Gasteiger partial charge is 0.335 e. The van der Waals surface area contributed by atoms with Crippen LogP contribution in [0.2, 0.25) is 0 Å². The first-order valence-corrected chi connectivity index (χ1v) is 4.39. The summed E-state index contributed by atoms with van der Waals surface area (Å²) in [5.41, 5.74) is 6.91. The number of aliphatic carboxylic acids is 1. The molecule has 0 saturated carbocycles. The van der Waals surface area contributed by atoms with E-state index in [0.717, 1.165) is 5.56 Å². The van der Waals surface area contributed by atoms with E-state index in [2.05, 4.69) is 0 Å². The highest BCUT2D eigenvalue weighted by atomic mass is 16.4. The molecule has 0 heterocycles. The number of aliphatic hydroxyl groups is 2. The molecule has 0 saturated heterocycles. The SMILES string of the molecule is Cc1cccc(C(O)C(O)C(=O)O)c1N. The molecule has 0 aliphatic rings. The van der Waals surface area contributed by atoms with Crippen LogP contribution in [0.3, 0.4) is 0 Å². The molecular weight excluding hydrogens is 198 g/mol. The first kappa shape index (κ1) is 11.5. The highest BCUT2D eigenvalue weighted by molar-refractivity contribution is 5.73. The van der Waals surface area contributed by atoms with Gasteiger partial charge in [0.15, 0.2) is 6.10 Å². The van der Waals surface area contributed by atoms with Crippen molar-refractivity contribution in [2.75, 3.05) is 5.73 Å². The van der Waals surface area contributed by atoms with Crippen LogP contribution in [0.25, 0.3) is 0 Å². The van der Waals surface area contributed by atoms with Crippen molar-refractivity contribution in [3.63, 3.8) is 0 Å². The maximum absolute atomic E-state index is 10.5. The largest absolute Gasteiger partial charge is 0.479 e. The van der Waals surface area contributed by atoms with Crippen LogP contribution in [0.4, 0.5) is 5.69 Å². The fourth-order valence-corrected chi connectivity index (χ4v) is 1.27. The third-order valence-corrected chi connectivity index (χ3v) is 2.23. The number of aliphatic hydroxyl groups excluding tert-OH is 2. The number of nitrogen functional groups attached to an aromatic ring is 1. The number of benzene rings is 1. The summed E-state index contributed by atoms with van der Waals surface area (Å²) in [6.45, 7) is 1.73. The van der Waals surface area contributed by atoms with Gasteiger partial charge in [-0.25, -0.2) is 4.79 Å². The normalized spacial score (nSPS) is 14.6. The molecule has 0 spiro atoms. The van der Waals surface area contributed by atoms with Crippen molar-refractivity contribution in [3.8, 4) is 0 Å². The lowest BCUT2D eigenvalue weighted by Gasteiger charge is -2.17. The Morgan fingerprint density at radius 1 is 1.40 bits per heavy atom. The Kier molecular flexibility index (Phi) is 3.28. The van der Waals surface area contributed by atoms with E-state index in [4.69, 9.17) is 15.9 Å². The second-order valence-corrected chi connectivity index (χ2v) is 3.31. The van der Waals surface area contributed by atoms with Gasteiger partial charge in [-0.1, -0.05) is 18.2 Å². The summed E-state index contributed by atoms with van der Waals surface area (Å²) in [7, 11) is 0. The number of para-hydroxylation sites is 1. The number of rotatable bonds is 3. The van der Waals surface area contributed by atoms with Gasteiger partial charge in [-0.05, 0) is 12.5 Å². The first-order valence-electron chi connectivity index (χ1n) is 4.39. The summed E-state index contributed by atoms with van der Waals surface area (Å²) in [4.78, 5) is 10.5. The lowest BCUT2D eigenvalue weighted by molar-refractivity contribution is -0.153. The van der Waals surface area contributed by atoms with Gasteiger partial charge in [-0.15, -0.1) is 0 Å². The number of nitrogens with two attached hydrogens (primary N) is 1.